The molecule has 0 unspecified atom stereocenters. The molecule has 116 valence electrons. The van der Waals surface area contributed by atoms with E-state index in [9.17, 15) is 4.79 Å². The van der Waals surface area contributed by atoms with Gasteiger partial charge in [0.2, 0.25) is 5.91 Å². The average molecular weight is 314 g/mol. The third kappa shape index (κ3) is 5.13. The van der Waals surface area contributed by atoms with Crippen LogP contribution in [0, 0.1) is 6.92 Å². The van der Waals surface area contributed by atoms with Gasteiger partial charge in [-0.05, 0) is 29.5 Å². The summed E-state index contributed by atoms with van der Waals surface area (Å²) in [4.78, 5) is 15.4. The van der Waals surface area contributed by atoms with E-state index >= 15 is 0 Å². The van der Waals surface area contributed by atoms with E-state index < -0.39 is 0 Å². The highest BCUT2D eigenvalue weighted by molar-refractivity contribution is 7.10. The molecule has 1 N–H and O–H groups in total. The summed E-state index contributed by atoms with van der Waals surface area (Å²) in [6, 6.07) is 12.2. The summed E-state index contributed by atoms with van der Waals surface area (Å²) in [6.45, 7) is 8.27. The molecule has 0 spiro atoms. The lowest BCUT2D eigenvalue weighted by atomic mass is 10.2. The van der Waals surface area contributed by atoms with Crippen molar-refractivity contribution < 1.29 is 4.79 Å². The summed E-state index contributed by atoms with van der Waals surface area (Å²) in [5, 5.41) is 5.05. The quantitative estimate of drug-likeness (QED) is 0.758. The Morgan fingerprint density at radius 1 is 1.32 bits per heavy atom. The van der Waals surface area contributed by atoms with E-state index in [0.29, 0.717) is 19.6 Å². The summed E-state index contributed by atoms with van der Waals surface area (Å²) >= 11 is 1.68. The predicted molar refractivity (Wildman–Crippen MR) is 92.8 cm³/mol. The van der Waals surface area contributed by atoms with Gasteiger partial charge in [0, 0.05) is 18.0 Å². The molecule has 0 radical (unpaired) electrons. The lowest BCUT2D eigenvalue weighted by molar-refractivity contribution is -0.122. The molecule has 1 aromatic heterocycles. The zero-order chi connectivity index (χ0) is 15.8. The van der Waals surface area contributed by atoms with Gasteiger partial charge in [0.05, 0.1) is 13.1 Å². The molecule has 0 saturated heterocycles. The van der Waals surface area contributed by atoms with Crippen LogP contribution in [0.5, 0.6) is 0 Å². The number of benzene rings is 1. The maximum Gasteiger partial charge on any atom is 0.234 e. The molecule has 22 heavy (non-hydrogen) atoms. The minimum absolute atomic E-state index is 0.0468. The second kappa shape index (κ2) is 8.51. The molecule has 2 rings (SSSR count). The number of hydrogen-bond donors (Lipinski definition) is 1. The SMILES string of the molecule is C=CCN(CC(=O)NCc1sccc1C)Cc1ccccc1. The standard InChI is InChI=1S/C18H22N2OS/c1-3-10-20(13-16-7-5-4-6-8-16)14-18(21)19-12-17-15(2)9-11-22-17/h3-9,11H,1,10,12-14H2,2H3,(H,19,21). The number of thiophene rings is 1. The minimum Gasteiger partial charge on any atom is -0.350 e. The fraction of sp³-hybridized carbons (Fsp3) is 0.278. The van der Waals surface area contributed by atoms with Gasteiger partial charge in [-0.2, -0.15) is 0 Å². The Kier molecular flexibility index (Phi) is 6.37. The molecular weight excluding hydrogens is 292 g/mol. The van der Waals surface area contributed by atoms with Crippen LogP contribution in [0.3, 0.4) is 0 Å². The lowest BCUT2D eigenvalue weighted by Gasteiger charge is -2.20. The number of hydrogen-bond acceptors (Lipinski definition) is 3. The van der Waals surface area contributed by atoms with Gasteiger partial charge in [-0.25, -0.2) is 0 Å². The third-order valence-electron chi connectivity index (χ3n) is 3.42. The maximum atomic E-state index is 12.1. The van der Waals surface area contributed by atoms with Crippen molar-refractivity contribution in [1.29, 1.82) is 0 Å². The van der Waals surface area contributed by atoms with Crippen LogP contribution in [0.1, 0.15) is 16.0 Å². The van der Waals surface area contributed by atoms with Gasteiger partial charge in [0.1, 0.15) is 0 Å². The van der Waals surface area contributed by atoms with Crippen molar-refractivity contribution in [2.45, 2.75) is 20.0 Å². The molecule has 0 fully saturated rings. The van der Waals surface area contributed by atoms with E-state index in [1.54, 1.807) is 11.3 Å². The summed E-state index contributed by atoms with van der Waals surface area (Å²) in [6.07, 6.45) is 1.83. The fourth-order valence-electron chi connectivity index (χ4n) is 2.23. The second-order valence-corrected chi connectivity index (χ2v) is 6.25. The molecule has 1 aromatic carbocycles. The van der Waals surface area contributed by atoms with Crippen LogP contribution in [0.2, 0.25) is 0 Å². The molecule has 0 saturated carbocycles. The molecule has 2 aromatic rings. The van der Waals surface area contributed by atoms with Gasteiger partial charge in [0.15, 0.2) is 0 Å². The number of nitrogens with one attached hydrogen (secondary N) is 1. The topological polar surface area (TPSA) is 32.3 Å². The van der Waals surface area contributed by atoms with Crippen molar-refractivity contribution in [3.05, 3.63) is 70.4 Å². The van der Waals surface area contributed by atoms with Gasteiger partial charge in [-0.1, -0.05) is 36.4 Å². The molecule has 4 heteroatoms. The first-order chi connectivity index (χ1) is 10.7. The zero-order valence-corrected chi connectivity index (χ0v) is 13.7. The molecule has 1 heterocycles. The molecule has 0 bridgehead atoms. The Morgan fingerprint density at radius 3 is 2.73 bits per heavy atom. The maximum absolute atomic E-state index is 12.1. The van der Waals surface area contributed by atoms with Crippen LogP contribution in [0.15, 0.2) is 54.4 Å². The largest absolute Gasteiger partial charge is 0.350 e. The molecule has 1 amide bonds. The Balaban J connectivity index is 1.85. The Morgan fingerprint density at radius 2 is 2.09 bits per heavy atom. The molecular formula is C18H22N2OS. The minimum atomic E-state index is 0.0468. The number of carbonyl (C=O) groups excluding carboxylic acids is 1. The highest BCUT2D eigenvalue weighted by Crippen LogP contribution is 2.14. The van der Waals surface area contributed by atoms with Crippen LogP contribution in [0.25, 0.3) is 0 Å². The normalized spacial score (nSPS) is 10.6. The lowest BCUT2D eigenvalue weighted by Crippen LogP contribution is -2.36. The first-order valence-corrected chi connectivity index (χ1v) is 8.24. The van der Waals surface area contributed by atoms with Crippen molar-refractivity contribution in [3.63, 3.8) is 0 Å². The van der Waals surface area contributed by atoms with Crippen molar-refractivity contribution >= 4 is 17.2 Å². The van der Waals surface area contributed by atoms with E-state index in [1.807, 2.05) is 24.3 Å². The molecule has 3 nitrogen and oxygen atoms in total. The van der Waals surface area contributed by atoms with E-state index in [4.69, 9.17) is 0 Å². The number of rotatable bonds is 8. The van der Waals surface area contributed by atoms with E-state index in [-0.39, 0.29) is 5.91 Å². The van der Waals surface area contributed by atoms with Gasteiger partial charge < -0.3 is 5.32 Å². The number of nitrogens with zero attached hydrogens (tertiary/aromatic N) is 1. The van der Waals surface area contributed by atoms with Crippen LogP contribution < -0.4 is 5.32 Å². The second-order valence-electron chi connectivity index (χ2n) is 5.25. The number of amides is 1. The average Bonchev–Trinajstić information content (AvgIpc) is 2.92. The highest BCUT2D eigenvalue weighted by atomic mass is 32.1. The first-order valence-electron chi connectivity index (χ1n) is 7.36. The smallest absolute Gasteiger partial charge is 0.234 e. The summed E-state index contributed by atoms with van der Waals surface area (Å²) in [7, 11) is 0. The number of carbonyl (C=O) groups is 1. The van der Waals surface area contributed by atoms with Crippen molar-refractivity contribution in [3.8, 4) is 0 Å². The van der Waals surface area contributed by atoms with Gasteiger partial charge in [-0.15, -0.1) is 17.9 Å². The van der Waals surface area contributed by atoms with Crippen LogP contribution in [-0.2, 0) is 17.9 Å². The van der Waals surface area contributed by atoms with Gasteiger partial charge >= 0.3 is 0 Å². The Bertz CT molecular complexity index is 607. The van der Waals surface area contributed by atoms with Crippen LogP contribution >= 0.6 is 11.3 Å². The zero-order valence-electron chi connectivity index (χ0n) is 12.9. The van der Waals surface area contributed by atoms with Gasteiger partial charge in [0.25, 0.3) is 0 Å². The number of aryl methyl sites for hydroxylation is 1. The van der Waals surface area contributed by atoms with E-state index in [0.717, 1.165) is 6.54 Å². The van der Waals surface area contributed by atoms with E-state index in [1.165, 1.54) is 16.0 Å². The monoisotopic (exact) mass is 314 g/mol. The summed E-state index contributed by atoms with van der Waals surface area (Å²) in [5.74, 6) is 0.0468. The molecule has 0 atom stereocenters. The van der Waals surface area contributed by atoms with E-state index in [2.05, 4.69) is 47.3 Å². The first kappa shape index (κ1) is 16.5. The predicted octanol–water partition coefficient (Wildman–Crippen LogP) is 3.36. The Labute approximate surface area is 136 Å². The van der Waals surface area contributed by atoms with Crippen LogP contribution in [-0.4, -0.2) is 23.9 Å². The van der Waals surface area contributed by atoms with Crippen molar-refractivity contribution in [1.82, 2.24) is 10.2 Å². The Hall–Kier alpha value is -1.91. The van der Waals surface area contributed by atoms with Crippen LogP contribution in [0.4, 0.5) is 0 Å². The van der Waals surface area contributed by atoms with Crippen molar-refractivity contribution in [2.24, 2.45) is 0 Å². The highest BCUT2D eigenvalue weighted by Gasteiger charge is 2.10. The molecule has 0 aliphatic heterocycles. The third-order valence-corrected chi connectivity index (χ3v) is 4.44. The molecule has 0 aliphatic rings. The summed E-state index contributed by atoms with van der Waals surface area (Å²) < 4.78 is 0. The molecule has 0 aliphatic carbocycles. The van der Waals surface area contributed by atoms with Crippen molar-refractivity contribution in [2.75, 3.05) is 13.1 Å². The fourth-order valence-corrected chi connectivity index (χ4v) is 3.08. The van der Waals surface area contributed by atoms with Gasteiger partial charge in [-0.3, -0.25) is 9.69 Å². The summed E-state index contributed by atoms with van der Waals surface area (Å²) in [5.41, 5.74) is 2.43.